The molecule has 8 heteroatoms. The van der Waals surface area contributed by atoms with Crippen LogP contribution < -0.4 is 10.1 Å². The van der Waals surface area contributed by atoms with Gasteiger partial charge in [-0.15, -0.1) is 11.3 Å². The summed E-state index contributed by atoms with van der Waals surface area (Å²) in [5.41, 5.74) is 1.04. The topological polar surface area (TPSA) is 75.7 Å². The summed E-state index contributed by atoms with van der Waals surface area (Å²) in [6, 6.07) is 6.55. The van der Waals surface area contributed by atoms with Gasteiger partial charge in [0.25, 0.3) is 5.91 Å². The third-order valence-electron chi connectivity index (χ3n) is 4.64. The highest BCUT2D eigenvalue weighted by Gasteiger charge is 2.29. The van der Waals surface area contributed by atoms with Crippen molar-refractivity contribution in [2.75, 3.05) is 25.5 Å². The highest BCUT2D eigenvalue weighted by Crippen LogP contribution is 2.31. The fourth-order valence-corrected chi connectivity index (χ4v) is 5.87. The zero-order chi connectivity index (χ0) is 19.6. The second-order valence-corrected chi connectivity index (χ2v) is 9.98. The van der Waals surface area contributed by atoms with Gasteiger partial charge in [-0.1, -0.05) is 6.42 Å². The van der Waals surface area contributed by atoms with Crippen LogP contribution in [0.5, 0.6) is 5.75 Å². The molecule has 146 valence electrons. The minimum absolute atomic E-state index is 0.0860. The third kappa shape index (κ3) is 4.17. The molecule has 0 radical (unpaired) electrons. The van der Waals surface area contributed by atoms with Gasteiger partial charge in [0.1, 0.15) is 10.6 Å². The number of carbonyl (C=O) groups excluding carboxylic acids is 1. The molecule has 6 nitrogen and oxygen atoms in total. The first-order valence-electron chi connectivity index (χ1n) is 8.89. The van der Waals surface area contributed by atoms with E-state index in [1.165, 1.54) is 17.5 Å². The molecular weight excluding hydrogens is 384 g/mol. The summed E-state index contributed by atoms with van der Waals surface area (Å²) in [6.07, 6.45) is 2.75. The van der Waals surface area contributed by atoms with Crippen LogP contribution in [0.3, 0.4) is 0 Å². The van der Waals surface area contributed by atoms with Crippen LogP contribution in [0.4, 0.5) is 5.69 Å². The van der Waals surface area contributed by atoms with E-state index < -0.39 is 10.0 Å². The van der Waals surface area contributed by atoms with Gasteiger partial charge in [0.15, 0.2) is 0 Å². The lowest BCUT2D eigenvalue weighted by atomic mass is 10.2. The number of piperidine rings is 1. The molecule has 0 bridgehead atoms. The first kappa shape index (κ1) is 19.9. The van der Waals surface area contributed by atoms with Gasteiger partial charge in [-0.25, -0.2) is 8.42 Å². The quantitative estimate of drug-likeness (QED) is 0.816. The maximum atomic E-state index is 13.1. The second kappa shape index (κ2) is 8.00. The lowest BCUT2D eigenvalue weighted by molar-refractivity contribution is 0.102. The average Bonchev–Trinajstić information content (AvgIpc) is 3.00. The largest absolute Gasteiger partial charge is 0.495 e. The van der Waals surface area contributed by atoms with Crippen LogP contribution in [0.2, 0.25) is 0 Å². The maximum absolute atomic E-state index is 13.1. The number of sulfonamides is 1. The summed E-state index contributed by atoms with van der Waals surface area (Å²) in [7, 11) is -2.23. The van der Waals surface area contributed by atoms with Crippen molar-refractivity contribution in [1.82, 2.24) is 4.31 Å². The number of carbonyl (C=O) groups is 1. The second-order valence-electron chi connectivity index (χ2n) is 6.61. The minimum Gasteiger partial charge on any atom is -0.495 e. The molecule has 1 N–H and O–H groups in total. The number of hydrogen-bond acceptors (Lipinski definition) is 5. The fraction of sp³-hybridized carbons (Fsp3) is 0.421. The number of nitrogens with zero attached hydrogens (tertiary/aromatic N) is 1. The maximum Gasteiger partial charge on any atom is 0.256 e. The Morgan fingerprint density at radius 1 is 1.15 bits per heavy atom. The van der Waals surface area contributed by atoms with Crippen molar-refractivity contribution in [1.29, 1.82) is 0 Å². The summed E-state index contributed by atoms with van der Waals surface area (Å²) in [5, 5.41) is 2.81. The molecule has 2 aromatic rings. The molecule has 0 unspecified atom stereocenters. The number of amides is 1. The Hall–Kier alpha value is -1.90. The molecule has 1 saturated heterocycles. The van der Waals surface area contributed by atoms with Gasteiger partial charge in [0, 0.05) is 28.5 Å². The Bertz CT molecular complexity index is 945. The zero-order valence-corrected chi connectivity index (χ0v) is 17.4. The van der Waals surface area contributed by atoms with Crippen molar-refractivity contribution in [3.63, 3.8) is 0 Å². The molecule has 27 heavy (non-hydrogen) atoms. The smallest absolute Gasteiger partial charge is 0.256 e. The van der Waals surface area contributed by atoms with Crippen LogP contribution in [-0.2, 0) is 10.0 Å². The number of hydrogen-bond donors (Lipinski definition) is 1. The molecule has 1 aromatic heterocycles. The predicted octanol–water partition coefficient (Wildman–Crippen LogP) is 3.80. The Morgan fingerprint density at radius 3 is 2.44 bits per heavy atom. The summed E-state index contributed by atoms with van der Waals surface area (Å²) >= 11 is 1.56. The molecule has 1 aliphatic rings. The van der Waals surface area contributed by atoms with Crippen LogP contribution in [-0.4, -0.2) is 38.8 Å². The fourth-order valence-electron chi connectivity index (χ4n) is 3.26. The molecule has 1 fully saturated rings. The Morgan fingerprint density at radius 2 is 1.85 bits per heavy atom. The first-order chi connectivity index (χ1) is 12.8. The Balaban J connectivity index is 1.91. The molecule has 0 spiro atoms. The van der Waals surface area contributed by atoms with Crippen molar-refractivity contribution in [2.45, 2.75) is 38.0 Å². The van der Waals surface area contributed by atoms with Gasteiger partial charge in [-0.2, -0.15) is 4.31 Å². The molecule has 1 aliphatic heterocycles. The number of aryl methyl sites for hydroxylation is 2. The van der Waals surface area contributed by atoms with Gasteiger partial charge in [-0.3, -0.25) is 4.79 Å². The number of methoxy groups -OCH3 is 1. The highest BCUT2D eigenvalue weighted by molar-refractivity contribution is 7.89. The number of ether oxygens (including phenoxy) is 1. The van der Waals surface area contributed by atoms with Crippen molar-refractivity contribution < 1.29 is 17.9 Å². The van der Waals surface area contributed by atoms with Crippen LogP contribution in [0, 0.1) is 13.8 Å². The van der Waals surface area contributed by atoms with E-state index in [0.717, 1.165) is 29.0 Å². The van der Waals surface area contributed by atoms with Crippen molar-refractivity contribution in [3.8, 4) is 5.75 Å². The van der Waals surface area contributed by atoms with E-state index >= 15 is 0 Å². The summed E-state index contributed by atoms with van der Waals surface area (Å²) in [6.45, 7) is 4.86. The van der Waals surface area contributed by atoms with Crippen molar-refractivity contribution in [3.05, 3.63) is 39.6 Å². The molecule has 3 rings (SSSR count). The average molecular weight is 409 g/mol. The first-order valence-corrected chi connectivity index (χ1v) is 11.1. The number of benzene rings is 1. The number of rotatable bonds is 5. The van der Waals surface area contributed by atoms with Crippen LogP contribution in [0.15, 0.2) is 29.2 Å². The normalized spacial score (nSPS) is 15.5. The Kier molecular flexibility index (Phi) is 5.88. The van der Waals surface area contributed by atoms with E-state index in [1.54, 1.807) is 23.5 Å². The van der Waals surface area contributed by atoms with Crippen molar-refractivity contribution in [2.24, 2.45) is 0 Å². The Labute approximate surface area is 164 Å². The summed E-state index contributed by atoms with van der Waals surface area (Å²) in [4.78, 5) is 14.6. The predicted molar refractivity (Wildman–Crippen MR) is 107 cm³/mol. The van der Waals surface area contributed by atoms with E-state index in [1.807, 2.05) is 19.9 Å². The molecular formula is C19H24N2O4S2. The zero-order valence-electron chi connectivity index (χ0n) is 15.7. The van der Waals surface area contributed by atoms with Crippen LogP contribution >= 0.6 is 11.3 Å². The van der Waals surface area contributed by atoms with E-state index in [0.29, 0.717) is 24.3 Å². The molecule has 1 amide bonds. The van der Waals surface area contributed by atoms with Gasteiger partial charge in [-0.05, 0) is 51.0 Å². The van der Waals surface area contributed by atoms with E-state index in [9.17, 15) is 13.2 Å². The lowest BCUT2D eigenvalue weighted by Crippen LogP contribution is -2.35. The van der Waals surface area contributed by atoms with Crippen LogP contribution in [0.25, 0.3) is 0 Å². The SMILES string of the molecule is COc1ccc(NC(=O)c2cc(C)sc2C)cc1S(=O)(=O)N1CCCCC1. The van der Waals surface area contributed by atoms with Gasteiger partial charge in [0.2, 0.25) is 10.0 Å². The van der Waals surface area contributed by atoms with Crippen molar-refractivity contribution >= 4 is 33.0 Å². The number of thiophene rings is 1. The summed E-state index contributed by atoms with van der Waals surface area (Å²) in [5.74, 6) is 0.0319. The van der Waals surface area contributed by atoms with Gasteiger partial charge >= 0.3 is 0 Å². The number of anilines is 1. The molecule has 2 heterocycles. The van der Waals surface area contributed by atoms with E-state index in [2.05, 4.69) is 5.32 Å². The number of nitrogens with one attached hydrogen (secondary N) is 1. The molecule has 0 aliphatic carbocycles. The third-order valence-corrected chi connectivity index (χ3v) is 7.53. The van der Waals surface area contributed by atoms with Gasteiger partial charge in [0.05, 0.1) is 12.7 Å². The van der Waals surface area contributed by atoms with E-state index in [-0.39, 0.29) is 16.6 Å². The highest BCUT2D eigenvalue weighted by atomic mass is 32.2. The monoisotopic (exact) mass is 408 g/mol. The minimum atomic E-state index is -3.67. The standard InChI is InChI=1S/C19H24N2O4S2/c1-13-11-16(14(2)26-13)19(22)20-15-7-8-17(25-3)18(12-15)27(23,24)21-9-5-4-6-10-21/h7-8,11-12H,4-6,9-10H2,1-3H3,(H,20,22). The molecule has 0 atom stereocenters. The van der Waals surface area contributed by atoms with Gasteiger partial charge < -0.3 is 10.1 Å². The lowest BCUT2D eigenvalue weighted by Gasteiger charge is -2.26. The molecule has 0 saturated carbocycles. The summed E-state index contributed by atoms with van der Waals surface area (Å²) < 4.78 is 32.9. The molecule has 1 aromatic carbocycles. The van der Waals surface area contributed by atoms with Crippen LogP contribution in [0.1, 0.15) is 39.4 Å². The van der Waals surface area contributed by atoms with E-state index in [4.69, 9.17) is 4.74 Å².